The molecule has 0 heterocycles. The Kier molecular flexibility index (Phi) is 11.1. The number of allylic oxidation sites excluding steroid dienone is 3. The van der Waals surface area contributed by atoms with Gasteiger partial charge < -0.3 is 15.7 Å². The quantitative estimate of drug-likeness (QED) is 0.286. The molecule has 0 aromatic heterocycles. The molecule has 7 heteroatoms. The molecule has 0 aliphatic carbocycles. The Morgan fingerprint density at radius 2 is 1.96 bits per heavy atom. The number of hydrogen-bond acceptors (Lipinski definition) is 4. The van der Waals surface area contributed by atoms with Gasteiger partial charge in [-0.05, 0) is 18.2 Å². The average Bonchev–Trinajstić information content (AvgIpc) is 2.62. The Labute approximate surface area is 163 Å². The lowest BCUT2D eigenvalue weighted by Crippen LogP contribution is -2.44. The van der Waals surface area contributed by atoms with Gasteiger partial charge in [-0.25, -0.2) is 4.79 Å². The fourth-order valence-electron chi connectivity index (χ4n) is 1.94. The summed E-state index contributed by atoms with van der Waals surface area (Å²) in [5.74, 6) is 0.214. The normalized spacial score (nSPS) is 12.1. The molecule has 0 aliphatic heterocycles. The Morgan fingerprint density at radius 3 is 2.58 bits per heavy atom. The van der Waals surface area contributed by atoms with Crippen LogP contribution in [-0.4, -0.2) is 41.2 Å². The first kappa shape index (κ1) is 21.9. The molecule has 5 nitrogen and oxygen atoms in total. The van der Waals surface area contributed by atoms with Gasteiger partial charge in [-0.1, -0.05) is 43.5 Å². The summed E-state index contributed by atoms with van der Waals surface area (Å²) in [5, 5.41) is 14.5. The van der Waals surface area contributed by atoms with E-state index in [-0.39, 0.29) is 12.5 Å². The number of rotatable bonds is 12. The van der Waals surface area contributed by atoms with Crippen molar-refractivity contribution in [2.75, 3.05) is 18.1 Å². The lowest BCUT2D eigenvalue weighted by atomic mass is 10.2. The van der Waals surface area contributed by atoms with Crippen molar-refractivity contribution >= 4 is 35.5 Å². The molecule has 0 aliphatic rings. The summed E-state index contributed by atoms with van der Waals surface area (Å²) in [4.78, 5) is 25.0. The highest BCUT2D eigenvalue weighted by Gasteiger charge is 2.16. The van der Waals surface area contributed by atoms with Crippen LogP contribution in [0.3, 0.4) is 0 Å². The van der Waals surface area contributed by atoms with Gasteiger partial charge in [0.15, 0.2) is 0 Å². The summed E-state index contributed by atoms with van der Waals surface area (Å²) in [6.45, 7) is 7.81. The molecule has 1 unspecified atom stereocenters. The maximum Gasteiger partial charge on any atom is 0.315 e. The topological polar surface area (TPSA) is 78.4 Å². The molecule has 3 N–H and O–H groups in total. The highest BCUT2D eigenvalue weighted by Crippen LogP contribution is 2.19. The smallest absolute Gasteiger partial charge is 0.315 e. The summed E-state index contributed by atoms with van der Waals surface area (Å²) in [5.41, 5.74) is 0. The van der Waals surface area contributed by atoms with Crippen molar-refractivity contribution in [2.24, 2.45) is 0 Å². The molecule has 1 aromatic rings. The standard InChI is InChI=1S/C19H24N2O3S2/c1-3-8-16(4-2)26-14-15(13-18(22)23)21-19(24)20-11-12-25-17-9-6-5-7-10-17/h3-10,15H,1-2,11-14H2,(H,22,23)(H2,20,21,24)/b16-8+. The van der Waals surface area contributed by atoms with E-state index in [1.54, 1.807) is 30.0 Å². The van der Waals surface area contributed by atoms with Gasteiger partial charge in [-0.2, -0.15) is 0 Å². The van der Waals surface area contributed by atoms with Gasteiger partial charge in [0, 0.05) is 27.9 Å². The zero-order valence-corrected chi connectivity index (χ0v) is 16.2. The van der Waals surface area contributed by atoms with Crippen molar-refractivity contribution < 1.29 is 14.7 Å². The van der Waals surface area contributed by atoms with Crippen LogP contribution in [0.15, 0.2) is 71.5 Å². The first-order chi connectivity index (χ1) is 12.5. The number of urea groups is 1. The number of hydrogen-bond donors (Lipinski definition) is 3. The molecule has 0 saturated carbocycles. The second kappa shape index (κ2) is 13.1. The fourth-order valence-corrected chi connectivity index (χ4v) is 3.63. The first-order valence-corrected chi connectivity index (χ1v) is 10.0. The third-order valence-corrected chi connectivity index (χ3v) is 5.31. The van der Waals surface area contributed by atoms with E-state index in [1.165, 1.54) is 11.8 Å². The van der Waals surface area contributed by atoms with Crippen molar-refractivity contribution in [2.45, 2.75) is 17.4 Å². The van der Waals surface area contributed by atoms with E-state index in [1.807, 2.05) is 30.3 Å². The Balaban J connectivity index is 2.39. The molecule has 2 amide bonds. The SMILES string of the molecule is C=C/C=C(\C=C)SCC(CC(=O)O)NC(=O)NCCSc1ccccc1. The predicted octanol–water partition coefficient (Wildman–Crippen LogP) is 3.91. The van der Waals surface area contributed by atoms with E-state index >= 15 is 0 Å². The van der Waals surface area contributed by atoms with Crippen molar-refractivity contribution in [1.82, 2.24) is 10.6 Å². The van der Waals surface area contributed by atoms with E-state index < -0.39 is 12.0 Å². The summed E-state index contributed by atoms with van der Waals surface area (Å²) in [6.07, 6.45) is 4.96. The third-order valence-electron chi connectivity index (χ3n) is 3.09. The van der Waals surface area contributed by atoms with Gasteiger partial charge in [-0.3, -0.25) is 4.79 Å². The van der Waals surface area contributed by atoms with E-state index in [4.69, 9.17) is 5.11 Å². The number of benzene rings is 1. The number of amides is 2. The van der Waals surface area contributed by atoms with Crippen LogP contribution >= 0.6 is 23.5 Å². The number of carbonyl (C=O) groups is 2. The van der Waals surface area contributed by atoms with Crippen LogP contribution in [-0.2, 0) is 4.79 Å². The average molecular weight is 393 g/mol. The van der Waals surface area contributed by atoms with Crippen molar-refractivity contribution in [1.29, 1.82) is 0 Å². The number of nitrogens with one attached hydrogen (secondary N) is 2. The zero-order valence-electron chi connectivity index (χ0n) is 14.5. The molecule has 26 heavy (non-hydrogen) atoms. The molecule has 0 saturated heterocycles. The Morgan fingerprint density at radius 1 is 1.23 bits per heavy atom. The van der Waals surface area contributed by atoms with Crippen LogP contribution in [0.5, 0.6) is 0 Å². The predicted molar refractivity (Wildman–Crippen MR) is 111 cm³/mol. The van der Waals surface area contributed by atoms with E-state index in [9.17, 15) is 9.59 Å². The van der Waals surface area contributed by atoms with Crippen LogP contribution < -0.4 is 10.6 Å². The Hall–Kier alpha value is -2.12. The van der Waals surface area contributed by atoms with Crippen LogP contribution in [0.4, 0.5) is 4.79 Å². The summed E-state index contributed by atoms with van der Waals surface area (Å²) < 4.78 is 0. The highest BCUT2D eigenvalue weighted by atomic mass is 32.2. The lowest BCUT2D eigenvalue weighted by Gasteiger charge is -2.17. The van der Waals surface area contributed by atoms with Crippen LogP contribution in [0.25, 0.3) is 0 Å². The van der Waals surface area contributed by atoms with E-state index in [2.05, 4.69) is 23.8 Å². The minimum Gasteiger partial charge on any atom is -0.481 e. The molecular weight excluding hydrogens is 368 g/mol. The maximum atomic E-state index is 12.0. The van der Waals surface area contributed by atoms with Gasteiger partial charge in [0.2, 0.25) is 0 Å². The number of carbonyl (C=O) groups excluding carboxylic acids is 1. The van der Waals surface area contributed by atoms with Gasteiger partial charge in [0.1, 0.15) is 0 Å². The molecule has 1 rings (SSSR count). The van der Waals surface area contributed by atoms with Crippen molar-refractivity contribution in [3.8, 4) is 0 Å². The number of aliphatic carboxylic acids is 1. The molecule has 1 aromatic carbocycles. The Bertz CT molecular complexity index is 633. The first-order valence-electron chi connectivity index (χ1n) is 8.07. The van der Waals surface area contributed by atoms with Gasteiger partial charge in [0.05, 0.1) is 12.5 Å². The zero-order chi connectivity index (χ0) is 19.2. The molecule has 140 valence electrons. The van der Waals surface area contributed by atoms with Crippen LogP contribution in [0.1, 0.15) is 6.42 Å². The molecule has 0 fully saturated rings. The van der Waals surface area contributed by atoms with Crippen LogP contribution in [0.2, 0.25) is 0 Å². The minimum atomic E-state index is -0.955. The van der Waals surface area contributed by atoms with Gasteiger partial charge in [-0.15, -0.1) is 23.5 Å². The lowest BCUT2D eigenvalue weighted by molar-refractivity contribution is -0.137. The monoisotopic (exact) mass is 392 g/mol. The summed E-state index contributed by atoms with van der Waals surface area (Å²) in [6, 6.07) is 9.07. The second-order valence-electron chi connectivity index (χ2n) is 5.18. The minimum absolute atomic E-state index is 0.141. The largest absolute Gasteiger partial charge is 0.481 e. The third kappa shape index (κ3) is 10.0. The van der Waals surface area contributed by atoms with Crippen molar-refractivity contribution in [3.05, 3.63) is 66.6 Å². The fraction of sp³-hybridized carbons (Fsp3) is 0.263. The number of carboxylic acid groups (broad SMARTS) is 1. The molecular formula is C19H24N2O3S2. The number of carboxylic acids is 1. The molecule has 0 radical (unpaired) electrons. The number of thioether (sulfide) groups is 2. The summed E-state index contributed by atoms with van der Waals surface area (Å²) >= 11 is 3.07. The highest BCUT2D eigenvalue weighted by molar-refractivity contribution is 8.03. The van der Waals surface area contributed by atoms with E-state index in [0.29, 0.717) is 12.3 Å². The molecule has 1 atom stereocenters. The summed E-state index contributed by atoms with van der Waals surface area (Å²) in [7, 11) is 0. The second-order valence-corrected chi connectivity index (χ2v) is 7.44. The van der Waals surface area contributed by atoms with Gasteiger partial charge in [0.25, 0.3) is 0 Å². The maximum absolute atomic E-state index is 12.0. The van der Waals surface area contributed by atoms with Crippen molar-refractivity contribution in [3.63, 3.8) is 0 Å². The molecule has 0 bridgehead atoms. The van der Waals surface area contributed by atoms with E-state index in [0.717, 1.165) is 15.6 Å². The van der Waals surface area contributed by atoms with Crippen LogP contribution in [0, 0.1) is 0 Å². The molecule has 0 spiro atoms. The van der Waals surface area contributed by atoms with Gasteiger partial charge >= 0.3 is 12.0 Å².